The van der Waals surface area contributed by atoms with Gasteiger partial charge in [0, 0.05) is 37.3 Å². The molecule has 1 aromatic heterocycles. The molecule has 0 spiro atoms. The number of pyridine rings is 1. The summed E-state index contributed by atoms with van der Waals surface area (Å²) >= 11 is 0. The minimum atomic E-state index is -0.410. The highest BCUT2D eigenvalue weighted by molar-refractivity contribution is 6.08. The molecule has 0 radical (unpaired) electrons. The van der Waals surface area contributed by atoms with Crippen molar-refractivity contribution in [1.29, 1.82) is 0 Å². The summed E-state index contributed by atoms with van der Waals surface area (Å²) in [5.41, 5.74) is 4.68. The van der Waals surface area contributed by atoms with Crippen LogP contribution in [-0.2, 0) is 26.2 Å². The van der Waals surface area contributed by atoms with E-state index in [1.165, 1.54) is 0 Å². The molecule has 0 saturated heterocycles. The number of amides is 4. The molecule has 1 aliphatic heterocycles. The van der Waals surface area contributed by atoms with Crippen LogP contribution in [0.3, 0.4) is 0 Å². The van der Waals surface area contributed by atoms with Crippen molar-refractivity contribution >= 4 is 66.7 Å². The second-order valence-electron chi connectivity index (χ2n) is 13.8. The van der Waals surface area contributed by atoms with Crippen molar-refractivity contribution in [3.63, 3.8) is 0 Å². The van der Waals surface area contributed by atoms with Crippen molar-refractivity contribution in [2.75, 3.05) is 0 Å². The molecule has 8 aromatic rings. The lowest BCUT2D eigenvalue weighted by Gasteiger charge is -2.18. The van der Waals surface area contributed by atoms with Gasteiger partial charge in [0.1, 0.15) is 11.4 Å². The number of hydrogen-bond donors (Lipinski definition) is 4. The number of rotatable bonds is 0. The molecule has 9 heteroatoms. The predicted octanol–water partition coefficient (Wildman–Crippen LogP) is 7.73. The molecule has 0 atom stereocenters. The first kappa shape index (κ1) is 34.4. The number of carbonyl (C=O) groups excluding carboxylic acids is 4. The molecule has 9 rings (SSSR count). The van der Waals surface area contributed by atoms with Crippen LogP contribution in [-0.4, -0.2) is 28.6 Å². The first-order valence-electron chi connectivity index (χ1n) is 18.5. The number of nitrogens with one attached hydrogen (secondary N) is 4. The van der Waals surface area contributed by atoms with Crippen LogP contribution in [0, 0.1) is 0 Å². The summed E-state index contributed by atoms with van der Waals surface area (Å²) in [4.78, 5) is 59.2. The Hall–Kier alpha value is -7.39. The average Bonchev–Trinajstić information content (AvgIpc) is 3.25. The summed E-state index contributed by atoms with van der Waals surface area (Å²) in [6.45, 7) is 0.876. The second kappa shape index (κ2) is 14.4. The van der Waals surface area contributed by atoms with Crippen molar-refractivity contribution in [2.24, 2.45) is 0 Å². The highest BCUT2D eigenvalue weighted by Crippen LogP contribution is 2.35. The van der Waals surface area contributed by atoms with E-state index in [0.29, 0.717) is 11.1 Å². The van der Waals surface area contributed by atoms with E-state index in [4.69, 9.17) is 0 Å². The standard InChI is InChI=1S/C47H35N5O4/c53-44-28-11-9-12-29(23-28)45(54)49-25-39-32-15-3-7-19-36(32)41(37-20-8-4-16-33(37)39)27-51-47(56)43-22-10-21-42(52-43)46(55)50-26-40-34-17-5-1-13-30(34)38(24-48-44)31-14-2-6-18-35(31)40/h1-23H,24-27H2,(H,48,53)(H,49,54)(H,50,55)(H,51,56). The first-order chi connectivity index (χ1) is 27.4. The Labute approximate surface area is 321 Å². The number of aromatic nitrogens is 1. The van der Waals surface area contributed by atoms with Crippen molar-refractivity contribution < 1.29 is 19.2 Å². The quantitative estimate of drug-likeness (QED) is 0.119. The van der Waals surface area contributed by atoms with Crippen molar-refractivity contribution in [3.8, 4) is 0 Å². The Balaban J connectivity index is 1.14. The monoisotopic (exact) mass is 733 g/mol. The van der Waals surface area contributed by atoms with Crippen LogP contribution in [0.25, 0.3) is 43.1 Å². The third-order valence-corrected chi connectivity index (χ3v) is 10.6. The Morgan fingerprint density at radius 2 is 0.589 bits per heavy atom. The van der Waals surface area contributed by atoms with E-state index in [-0.39, 0.29) is 49.4 Å². The molecule has 4 N–H and O–H groups in total. The van der Waals surface area contributed by atoms with Gasteiger partial charge in [0.05, 0.1) is 0 Å². The number of nitrogens with zero attached hydrogens (tertiary/aromatic N) is 1. The van der Waals surface area contributed by atoms with E-state index in [1.54, 1.807) is 42.5 Å². The van der Waals surface area contributed by atoms with E-state index in [9.17, 15) is 19.2 Å². The van der Waals surface area contributed by atoms with E-state index in [1.807, 2.05) is 97.1 Å². The Kier molecular flexibility index (Phi) is 8.87. The van der Waals surface area contributed by atoms with Crippen LogP contribution in [0.15, 0.2) is 140 Å². The molecule has 4 amide bonds. The van der Waals surface area contributed by atoms with Gasteiger partial charge in [-0.25, -0.2) is 4.98 Å². The zero-order valence-corrected chi connectivity index (χ0v) is 30.2. The zero-order valence-electron chi connectivity index (χ0n) is 30.2. The van der Waals surface area contributed by atoms with Crippen molar-refractivity contribution in [3.05, 3.63) is 184 Å². The fourth-order valence-corrected chi connectivity index (χ4v) is 7.93. The summed E-state index contributed by atoms with van der Waals surface area (Å²) < 4.78 is 0. The molecule has 2 heterocycles. The van der Waals surface area contributed by atoms with Gasteiger partial charge >= 0.3 is 0 Å². The lowest BCUT2D eigenvalue weighted by atomic mass is 9.91. The molecular formula is C47H35N5O4. The van der Waals surface area contributed by atoms with Crippen molar-refractivity contribution in [1.82, 2.24) is 26.3 Å². The normalized spacial score (nSPS) is 14.1. The fourth-order valence-electron chi connectivity index (χ4n) is 7.93. The van der Waals surface area contributed by atoms with Gasteiger partial charge in [0.2, 0.25) is 0 Å². The second-order valence-corrected chi connectivity index (χ2v) is 13.8. The zero-order chi connectivity index (χ0) is 38.2. The minimum absolute atomic E-state index is 0.124. The maximum Gasteiger partial charge on any atom is 0.270 e. The lowest BCUT2D eigenvalue weighted by molar-refractivity contribution is 0.0930. The van der Waals surface area contributed by atoms with Crippen LogP contribution in [0.5, 0.6) is 0 Å². The van der Waals surface area contributed by atoms with E-state index >= 15 is 0 Å². The maximum atomic E-state index is 13.7. The molecule has 56 heavy (non-hydrogen) atoms. The molecule has 9 nitrogen and oxygen atoms in total. The van der Waals surface area contributed by atoms with Crippen LogP contribution >= 0.6 is 0 Å². The van der Waals surface area contributed by atoms with Crippen LogP contribution in [0.4, 0.5) is 0 Å². The highest BCUT2D eigenvalue weighted by atomic mass is 16.2. The van der Waals surface area contributed by atoms with Gasteiger partial charge in [-0.05, 0) is 95.7 Å². The summed E-state index contributed by atoms with van der Waals surface area (Å²) in [5, 5.41) is 19.8. The SMILES string of the molecule is O=C1NCc2c3ccccc3c(c3ccccc23)CNC(=O)c2cccc(n2)C(=O)NCc2c3ccccc3c(c3ccccc23)CNC(=O)c2cccc1c2. The van der Waals surface area contributed by atoms with Crippen LogP contribution in [0.1, 0.15) is 63.9 Å². The van der Waals surface area contributed by atoms with Gasteiger partial charge in [0.15, 0.2) is 0 Å². The number of hydrogen-bond acceptors (Lipinski definition) is 5. The largest absolute Gasteiger partial charge is 0.348 e. The molecule has 0 unspecified atom stereocenters. The lowest BCUT2D eigenvalue weighted by Crippen LogP contribution is -2.28. The smallest absolute Gasteiger partial charge is 0.270 e. The molecule has 272 valence electrons. The van der Waals surface area contributed by atoms with Gasteiger partial charge < -0.3 is 21.3 Å². The average molecular weight is 734 g/mol. The van der Waals surface area contributed by atoms with Gasteiger partial charge in [-0.1, -0.05) is 109 Å². The minimum Gasteiger partial charge on any atom is -0.348 e. The number of carbonyl (C=O) groups is 4. The molecule has 8 bridgehead atoms. The Morgan fingerprint density at radius 3 is 0.893 bits per heavy atom. The molecule has 1 aliphatic rings. The summed E-state index contributed by atoms with van der Waals surface area (Å²) in [5.74, 6) is -1.43. The first-order valence-corrected chi connectivity index (χ1v) is 18.5. The number of benzene rings is 7. The molecular weight excluding hydrogens is 699 g/mol. The van der Waals surface area contributed by atoms with E-state index in [2.05, 4.69) is 26.3 Å². The van der Waals surface area contributed by atoms with Crippen LogP contribution < -0.4 is 21.3 Å². The topological polar surface area (TPSA) is 129 Å². The summed E-state index contributed by atoms with van der Waals surface area (Å²) in [6, 6.07) is 43.2. The van der Waals surface area contributed by atoms with Gasteiger partial charge in [-0.2, -0.15) is 0 Å². The van der Waals surface area contributed by atoms with Gasteiger partial charge in [-0.3, -0.25) is 19.2 Å². The highest BCUT2D eigenvalue weighted by Gasteiger charge is 2.20. The summed E-state index contributed by atoms with van der Waals surface area (Å²) in [7, 11) is 0. The van der Waals surface area contributed by atoms with Gasteiger partial charge in [-0.15, -0.1) is 0 Å². The molecule has 0 aliphatic carbocycles. The number of fused-ring (bicyclic) bond motifs is 10. The van der Waals surface area contributed by atoms with Crippen molar-refractivity contribution in [2.45, 2.75) is 26.2 Å². The molecule has 7 aromatic carbocycles. The molecule has 0 saturated carbocycles. The third-order valence-electron chi connectivity index (χ3n) is 10.6. The molecule has 0 fully saturated rings. The maximum absolute atomic E-state index is 13.7. The third kappa shape index (κ3) is 6.24. The predicted molar refractivity (Wildman–Crippen MR) is 218 cm³/mol. The Morgan fingerprint density at radius 1 is 0.321 bits per heavy atom. The fraction of sp³-hybridized carbons (Fsp3) is 0.0851. The van der Waals surface area contributed by atoms with E-state index < -0.39 is 11.8 Å². The van der Waals surface area contributed by atoms with Crippen LogP contribution in [0.2, 0.25) is 0 Å². The van der Waals surface area contributed by atoms with Gasteiger partial charge in [0.25, 0.3) is 23.6 Å². The summed E-state index contributed by atoms with van der Waals surface area (Å²) in [6.07, 6.45) is 0. The van der Waals surface area contributed by atoms with E-state index in [0.717, 1.165) is 65.3 Å². The Bertz CT molecular complexity index is 2420.